The maximum absolute atomic E-state index is 13.4. The van der Waals surface area contributed by atoms with E-state index in [0.717, 1.165) is 6.07 Å². The number of ether oxygens (including phenoxy) is 1. The van der Waals surface area contributed by atoms with Crippen molar-refractivity contribution in [2.75, 3.05) is 0 Å². The zero-order chi connectivity index (χ0) is 13.1. The Labute approximate surface area is 109 Å². The van der Waals surface area contributed by atoms with Crippen LogP contribution in [0.25, 0.3) is 0 Å². The second kappa shape index (κ2) is 5.06. The summed E-state index contributed by atoms with van der Waals surface area (Å²) in [4.78, 5) is 7.38. The van der Waals surface area contributed by atoms with Gasteiger partial charge < -0.3 is 4.74 Å². The van der Waals surface area contributed by atoms with Crippen LogP contribution in [0.4, 0.5) is 8.78 Å². The van der Waals surface area contributed by atoms with Crippen LogP contribution in [0.1, 0.15) is 5.69 Å². The van der Waals surface area contributed by atoms with Crippen LogP contribution >= 0.6 is 15.9 Å². The molecule has 0 fully saturated rings. The molecule has 0 amide bonds. The van der Waals surface area contributed by atoms with Crippen molar-refractivity contribution in [2.24, 2.45) is 0 Å². The first-order valence-electron chi connectivity index (χ1n) is 4.65. The summed E-state index contributed by atoms with van der Waals surface area (Å²) in [6.45, 7) is 0. The van der Waals surface area contributed by atoms with Gasteiger partial charge in [-0.25, -0.2) is 9.37 Å². The highest BCUT2D eigenvalue weighted by molar-refractivity contribution is 9.10. The Balaban J connectivity index is 2.37. The molecule has 0 atom stereocenters. The average Bonchev–Trinajstić information content (AvgIpc) is 2.35. The third kappa shape index (κ3) is 2.60. The molecule has 0 aliphatic rings. The van der Waals surface area contributed by atoms with Gasteiger partial charge in [0.25, 0.3) is 0 Å². The van der Waals surface area contributed by atoms with E-state index < -0.39 is 11.6 Å². The molecule has 1 aromatic heterocycles. The molecule has 0 saturated carbocycles. The van der Waals surface area contributed by atoms with E-state index >= 15 is 0 Å². The molecule has 0 bridgehead atoms. The van der Waals surface area contributed by atoms with Crippen molar-refractivity contribution in [3.8, 4) is 17.8 Å². The number of rotatable bonds is 2. The summed E-state index contributed by atoms with van der Waals surface area (Å²) in [5.41, 5.74) is 0.0656. The smallest absolute Gasteiger partial charge is 0.323 e. The van der Waals surface area contributed by atoms with Gasteiger partial charge in [0.2, 0.25) is 5.82 Å². The first kappa shape index (κ1) is 12.4. The van der Waals surface area contributed by atoms with E-state index in [1.165, 1.54) is 18.3 Å². The van der Waals surface area contributed by atoms with Gasteiger partial charge in [-0.15, -0.1) is 0 Å². The molecular formula is C11H4BrF2N3O. The highest BCUT2D eigenvalue weighted by atomic mass is 79.9. The second-order valence-electron chi connectivity index (χ2n) is 3.14. The molecule has 0 saturated heterocycles. The summed E-state index contributed by atoms with van der Waals surface area (Å²) in [5, 5.41) is 8.63. The fourth-order valence-electron chi connectivity index (χ4n) is 1.16. The Hall–Kier alpha value is -2.07. The molecule has 0 spiro atoms. The lowest BCUT2D eigenvalue weighted by Crippen LogP contribution is -1.97. The summed E-state index contributed by atoms with van der Waals surface area (Å²) >= 11 is 3.01. The Kier molecular flexibility index (Phi) is 3.48. The minimum atomic E-state index is -1.15. The first-order chi connectivity index (χ1) is 8.60. The number of halogens is 3. The quantitative estimate of drug-likeness (QED) is 0.799. The van der Waals surface area contributed by atoms with Crippen LogP contribution in [0.3, 0.4) is 0 Å². The fraction of sp³-hybridized carbons (Fsp3) is 0. The van der Waals surface area contributed by atoms with E-state index in [0.29, 0.717) is 4.47 Å². The van der Waals surface area contributed by atoms with Crippen LogP contribution in [0.15, 0.2) is 28.9 Å². The van der Waals surface area contributed by atoms with Crippen molar-refractivity contribution in [3.05, 3.63) is 46.2 Å². The van der Waals surface area contributed by atoms with Crippen molar-refractivity contribution in [3.63, 3.8) is 0 Å². The second-order valence-corrected chi connectivity index (χ2v) is 4.05. The number of nitrogens with zero attached hydrogens (tertiary/aromatic N) is 3. The normalized spacial score (nSPS) is 9.89. The lowest BCUT2D eigenvalue weighted by atomic mass is 10.3. The van der Waals surface area contributed by atoms with Crippen LogP contribution in [0, 0.1) is 23.0 Å². The molecule has 1 heterocycles. The van der Waals surface area contributed by atoms with Gasteiger partial charge in [-0.1, -0.05) is 15.9 Å². The predicted molar refractivity (Wildman–Crippen MR) is 60.9 cm³/mol. The van der Waals surface area contributed by atoms with Crippen molar-refractivity contribution in [1.82, 2.24) is 9.97 Å². The van der Waals surface area contributed by atoms with Gasteiger partial charge in [-0.05, 0) is 18.2 Å². The van der Waals surface area contributed by atoms with Crippen LogP contribution in [0.2, 0.25) is 0 Å². The van der Waals surface area contributed by atoms with Crippen LogP contribution in [-0.2, 0) is 0 Å². The first-order valence-corrected chi connectivity index (χ1v) is 5.45. The highest BCUT2D eigenvalue weighted by Crippen LogP contribution is 2.28. The summed E-state index contributed by atoms with van der Waals surface area (Å²) in [6, 6.07) is 5.12. The van der Waals surface area contributed by atoms with E-state index in [-0.39, 0.29) is 17.5 Å². The molecule has 90 valence electrons. The monoisotopic (exact) mass is 311 g/mol. The summed E-state index contributed by atoms with van der Waals surface area (Å²) in [6.07, 6.45) is 1.28. The standard InChI is InChI=1S/C11H4BrF2N3O/c12-6-3-8(13)10(14)9(4-6)18-11-16-2-1-7(5-15)17-11/h1-4H. The van der Waals surface area contributed by atoms with Crippen molar-refractivity contribution in [1.29, 1.82) is 5.26 Å². The summed E-state index contributed by atoms with van der Waals surface area (Å²) in [5.74, 6) is -2.57. The van der Waals surface area contributed by atoms with Gasteiger partial charge in [0.1, 0.15) is 11.8 Å². The number of benzene rings is 1. The Morgan fingerprint density at radius 1 is 1.33 bits per heavy atom. The highest BCUT2D eigenvalue weighted by Gasteiger charge is 2.13. The van der Waals surface area contributed by atoms with Crippen LogP contribution in [0.5, 0.6) is 11.8 Å². The molecule has 1 aromatic carbocycles. The predicted octanol–water partition coefficient (Wildman–Crippen LogP) is 3.18. The number of hydrogen-bond acceptors (Lipinski definition) is 4. The van der Waals surface area contributed by atoms with Gasteiger partial charge in [0.05, 0.1) is 0 Å². The molecule has 2 aromatic rings. The molecular weight excluding hydrogens is 308 g/mol. The van der Waals surface area contributed by atoms with E-state index in [2.05, 4.69) is 25.9 Å². The minimum absolute atomic E-state index is 0.0656. The maximum atomic E-state index is 13.4. The third-order valence-electron chi connectivity index (χ3n) is 1.91. The molecule has 0 radical (unpaired) electrons. The topological polar surface area (TPSA) is 58.8 Å². The van der Waals surface area contributed by atoms with E-state index in [1.54, 1.807) is 6.07 Å². The maximum Gasteiger partial charge on any atom is 0.323 e. The lowest BCUT2D eigenvalue weighted by molar-refractivity contribution is 0.392. The molecule has 0 N–H and O–H groups in total. The van der Waals surface area contributed by atoms with Gasteiger partial charge >= 0.3 is 6.01 Å². The SMILES string of the molecule is N#Cc1ccnc(Oc2cc(Br)cc(F)c2F)n1. The zero-order valence-electron chi connectivity index (χ0n) is 8.69. The molecule has 4 nitrogen and oxygen atoms in total. The Bertz CT molecular complexity index is 643. The van der Waals surface area contributed by atoms with Gasteiger partial charge in [-0.2, -0.15) is 14.6 Å². The summed E-state index contributed by atoms with van der Waals surface area (Å²) in [7, 11) is 0. The average molecular weight is 312 g/mol. The van der Waals surface area contributed by atoms with Crippen molar-refractivity contribution in [2.45, 2.75) is 0 Å². The minimum Gasteiger partial charge on any atom is -0.421 e. The van der Waals surface area contributed by atoms with Crippen molar-refractivity contribution < 1.29 is 13.5 Å². The Morgan fingerprint density at radius 2 is 2.11 bits per heavy atom. The molecule has 0 aliphatic carbocycles. The summed E-state index contributed by atoms with van der Waals surface area (Å²) < 4.78 is 31.8. The molecule has 0 aliphatic heterocycles. The van der Waals surface area contributed by atoms with Crippen LogP contribution < -0.4 is 4.74 Å². The van der Waals surface area contributed by atoms with Gasteiger partial charge in [-0.3, -0.25) is 0 Å². The number of aromatic nitrogens is 2. The third-order valence-corrected chi connectivity index (χ3v) is 2.37. The largest absolute Gasteiger partial charge is 0.421 e. The van der Waals surface area contributed by atoms with Gasteiger partial charge in [0.15, 0.2) is 11.6 Å². The molecule has 2 rings (SSSR count). The lowest BCUT2D eigenvalue weighted by Gasteiger charge is -2.05. The van der Waals surface area contributed by atoms with E-state index in [4.69, 9.17) is 10.00 Å². The van der Waals surface area contributed by atoms with Gasteiger partial charge in [0, 0.05) is 10.7 Å². The number of nitriles is 1. The number of hydrogen-bond donors (Lipinski definition) is 0. The molecule has 7 heteroatoms. The van der Waals surface area contributed by atoms with E-state index in [1.807, 2.05) is 0 Å². The molecule has 0 unspecified atom stereocenters. The van der Waals surface area contributed by atoms with Crippen molar-refractivity contribution >= 4 is 15.9 Å². The molecule has 18 heavy (non-hydrogen) atoms. The van der Waals surface area contributed by atoms with E-state index in [9.17, 15) is 8.78 Å². The zero-order valence-corrected chi connectivity index (χ0v) is 10.3. The van der Waals surface area contributed by atoms with Crippen LogP contribution in [-0.4, -0.2) is 9.97 Å². The Morgan fingerprint density at radius 3 is 2.83 bits per heavy atom. The fourth-order valence-corrected chi connectivity index (χ4v) is 1.57.